The predicted molar refractivity (Wildman–Crippen MR) is 95.4 cm³/mol. The molecule has 0 aliphatic carbocycles. The fourth-order valence-corrected chi connectivity index (χ4v) is 4.68. The van der Waals surface area contributed by atoms with Gasteiger partial charge in [0, 0.05) is 16.2 Å². The highest BCUT2D eigenvalue weighted by atomic mass is 32.2. The highest BCUT2D eigenvalue weighted by Gasteiger charge is 2.54. The quantitative estimate of drug-likeness (QED) is 0.253. The SMILES string of the molecule is O=CN/N=C/C1=C(C(=O)O)N2C(=O)C(NC(=O)Cc3cccs3)[C@H]2SC1. The summed E-state index contributed by atoms with van der Waals surface area (Å²) in [5.41, 5.74) is 2.19. The van der Waals surface area contributed by atoms with E-state index in [9.17, 15) is 24.3 Å². The summed E-state index contributed by atoms with van der Waals surface area (Å²) < 4.78 is 0. The molecule has 0 spiro atoms. The van der Waals surface area contributed by atoms with Crippen LogP contribution in [0.2, 0.25) is 0 Å². The van der Waals surface area contributed by atoms with Gasteiger partial charge in [-0.25, -0.2) is 10.2 Å². The van der Waals surface area contributed by atoms with Gasteiger partial charge in [0.1, 0.15) is 17.1 Å². The van der Waals surface area contributed by atoms with E-state index in [4.69, 9.17) is 0 Å². The lowest BCUT2D eigenvalue weighted by molar-refractivity contribution is -0.150. The Bertz CT molecular complexity index is 805. The number of rotatable bonds is 7. The molecule has 9 nitrogen and oxygen atoms in total. The topological polar surface area (TPSA) is 128 Å². The first-order chi connectivity index (χ1) is 12.5. The summed E-state index contributed by atoms with van der Waals surface area (Å²) in [6, 6.07) is 2.92. The zero-order valence-electron chi connectivity index (χ0n) is 13.2. The monoisotopic (exact) mass is 394 g/mol. The van der Waals surface area contributed by atoms with Gasteiger partial charge in [-0.3, -0.25) is 19.3 Å². The second kappa shape index (κ2) is 7.70. The van der Waals surface area contributed by atoms with E-state index >= 15 is 0 Å². The lowest BCUT2D eigenvalue weighted by Gasteiger charge is -2.49. The van der Waals surface area contributed by atoms with E-state index in [2.05, 4.69) is 15.8 Å². The highest BCUT2D eigenvalue weighted by molar-refractivity contribution is 8.00. The molecule has 136 valence electrons. The molecule has 0 radical (unpaired) electrons. The van der Waals surface area contributed by atoms with Gasteiger partial charge in [0.2, 0.25) is 12.3 Å². The third-order valence-corrected chi connectivity index (χ3v) is 5.96. The number of carboxylic acid groups (broad SMARTS) is 1. The number of carbonyl (C=O) groups is 4. The van der Waals surface area contributed by atoms with Crippen molar-refractivity contribution in [1.29, 1.82) is 0 Å². The third kappa shape index (κ3) is 3.48. The van der Waals surface area contributed by atoms with Gasteiger partial charge >= 0.3 is 5.97 Å². The Balaban J connectivity index is 1.71. The van der Waals surface area contributed by atoms with Gasteiger partial charge in [0.05, 0.1) is 12.6 Å². The van der Waals surface area contributed by atoms with Crippen LogP contribution in [-0.4, -0.2) is 57.6 Å². The number of hydrogen-bond donors (Lipinski definition) is 3. The first kappa shape index (κ1) is 18.1. The van der Waals surface area contributed by atoms with Gasteiger partial charge < -0.3 is 10.4 Å². The zero-order valence-corrected chi connectivity index (χ0v) is 14.9. The van der Waals surface area contributed by atoms with Crippen molar-refractivity contribution in [3.63, 3.8) is 0 Å². The number of carbonyl (C=O) groups excluding carboxylic acids is 3. The van der Waals surface area contributed by atoms with Crippen molar-refractivity contribution < 1.29 is 24.3 Å². The molecule has 26 heavy (non-hydrogen) atoms. The van der Waals surface area contributed by atoms with E-state index in [-0.39, 0.29) is 23.8 Å². The third-order valence-electron chi connectivity index (χ3n) is 3.78. The van der Waals surface area contributed by atoms with Crippen LogP contribution >= 0.6 is 23.1 Å². The smallest absolute Gasteiger partial charge is 0.353 e. The molecule has 2 aliphatic heterocycles. The molecular formula is C15H14N4O5S2. The standard InChI is InChI=1S/C15H14N4O5S2/c20-7-17-16-5-8-6-26-14-11(13(22)19(14)12(8)15(23)24)18-10(21)4-9-2-1-3-25-9/h1-3,5,7,11,14H,4,6H2,(H,17,20)(H,18,21)(H,23,24)/b16-5+/t11?,14-/m1/s1. The minimum Gasteiger partial charge on any atom is -0.477 e. The minimum atomic E-state index is -1.26. The zero-order chi connectivity index (χ0) is 18.7. The molecule has 0 aromatic carbocycles. The largest absolute Gasteiger partial charge is 0.477 e. The molecule has 3 heterocycles. The second-order valence-electron chi connectivity index (χ2n) is 5.40. The van der Waals surface area contributed by atoms with Crippen LogP contribution < -0.4 is 10.7 Å². The van der Waals surface area contributed by atoms with Crippen molar-refractivity contribution >= 4 is 53.5 Å². The maximum absolute atomic E-state index is 12.4. The van der Waals surface area contributed by atoms with Crippen molar-refractivity contribution in [3.8, 4) is 0 Å². The molecule has 3 N–H and O–H groups in total. The predicted octanol–water partition coefficient (Wildman–Crippen LogP) is -0.239. The Kier molecular flexibility index (Phi) is 5.38. The summed E-state index contributed by atoms with van der Waals surface area (Å²) >= 11 is 2.78. The van der Waals surface area contributed by atoms with E-state index in [1.54, 1.807) is 0 Å². The van der Waals surface area contributed by atoms with Gasteiger partial charge in [-0.2, -0.15) is 5.10 Å². The first-order valence-electron chi connectivity index (χ1n) is 7.48. The number of thiophene rings is 1. The number of hydrogen-bond acceptors (Lipinski definition) is 7. The summed E-state index contributed by atoms with van der Waals surface area (Å²) in [6.45, 7) is 0. The van der Waals surface area contributed by atoms with Gasteiger partial charge in [-0.1, -0.05) is 6.07 Å². The Labute approximate surface area is 156 Å². The summed E-state index contributed by atoms with van der Waals surface area (Å²) in [5.74, 6) is -1.74. The fraction of sp³-hybridized carbons (Fsp3) is 0.267. The van der Waals surface area contributed by atoms with Crippen LogP contribution in [-0.2, 0) is 25.6 Å². The highest BCUT2D eigenvalue weighted by Crippen LogP contribution is 2.39. The molecule has 11 heteroatoms. The Morgan fingerprint density at radius 2 is 2.27 bits per heavy atom. The first-order valence-corrected chi connectivity index (χ1v) is 9.41. The fourth-order valence-electron chi connectivity index (χ4n) is 2.68. The van der Waals surface area contributed by atoms with Crippen LogP contribution in [0.25, 0.3) is 0 Å². The number of nitrogens with zero attached hydrogens (tertiary/aromatic N) is 2. The lowest BCUT2D eigenvalue weighted by atomic mass is 10.0. The van der Waals surface area contributed by atoms with Crippen LogP contribution in [0.4, 0.5) is 0 Å². The summed E-state index contributed by atoms with van der Waals surface area (Å²) in [5, 5.41) is 17.1. The lowest BCUT2D eigenvalue weighted by Crippen LogP contribution is -2.70. The van der Waals surface area contributed by atoms with Crippen LogP contribution in [0.15, 0.2) is 33.9 Å². The summed E-state index contributed by atoms with van der Waals surface area (Å²) in [4.78, 5) is 48.4. The summed E-state index contributed by atoms with van der Waals surface area (Å²) in [6.07, 6.45) is 1.73. The van der Waals surface area contributed by atoms with Gasteiger partial charge in [-0.15, -0.1) is 23.1 Å². The maximum Gasteiger partial charge on any atom is 0.353 e. The molecular weight excluding hydrogens is 380 g/mol. The molecule has 1 saturated heterocycles. The van der Waals surface area contributed by atoms with E-state index < -0.39 is 23.3 Å². The average Bonchev–Trinajstić information content (AvgIpc) is 3.12. The Morgan fingerprint density at radius 3 is 2.92 bits per heavy atom. The van der Waals surface area contributed by atoms with E-state index in [0.29, 0.717) is 12.0 Å². The van der Waals surface area contributed by atoms with Crippen molar-refractivity contribution in [2.75, 3.05) is 5.75 Å². The van der Waals surface area contributed by atoms with Gasteiger partial charge in [0.15, 0.2) is 0 Å². The number of amides is 3. The molecule has 1 fully saturated rings. The minimum absolute atomic E-state index is 0.176. The Hall–Kier alpha value is -2.66. The molecule has 1 aromatic heterocycles. The van der Waals surface area contributed by atoms with Crippen LogP contribution in [0.3, 0.4) is 0 Å². The molecule has 2 aliphatic rings. The maximum atomic E-state index is 12.4. The number of nitrogens with one attached hydrogen (secondary N) is 2. The molecule has 2 atom stereocenters. The van der Waals surface area contributed by atoms with E-state index in [0.717, 1.165) is 9.78 Å². The van der Waals surface area contributed by atoms with Crippen molar-refractivity contribution in [3.05, 3.63) is 33.7 Å². The van der Waals surface area contributed by atoms with E-state index in [1.165, 1.54) is 29.3 Å². The van der Waals surface area contributed by atoms with Gasteiger partial charge in [-0.05, 0) is 11.4 Å². The molecule has 0 saturated carbocycles. The molecule has 0 bridgehead atoms. The molecule has 3 rings (SSSR count). The number of thioether (sulfide) groups is 1. The molecule has 1 aromatic rings. The number of aliphatic carboxylic acids is 1. The van der Waals surface area contributed by atoms with Crippen molar-refractivity contribution in [2.45, 2.75) is 17.8 Å². The number of hydrazone groups is 1. The van der Waals surface area contributed by atoms with Crippen LogP contribution in [0.1, 0.15) is 4.88 Å². The Morgan fingerprint density at radius 1 is 1.46 bits per heavy atom. The average molecular weight is 394 g/mol. The summed E-state index contributed by atoms with van der Waals surface area (Å²) in [7, 11) is 0. The van der Waals surface area contributed by atoms with Crippen molar-refractivity contribution in [1.82, 2.24) is 15.6 Å². The molecule has 3 amide bonds. The number of fused-ring (bicyclic) bond motifs is 1. The normalized spacial score (nSPS) is 22.0. The second-order valence-corrected chi connectivity index (χ2v) is 7.53. The number of β-lactam (4-membered cyclic amide) rings is 1. The van der Waals surface area contributed by atoms with Crippen molar-refractivity contribution in [2.24, 2.45) is 5.10 Å². The van der Waals surface area contributed by atoms with Gasteiger partial charge in [0.25, 0.3) is 5.91 Å². The van der Waals surface area contributed by atoms with Crippen LogP contribution in [0, 0.1) is 0 Å². The van der Waals surface area contributed by atoms with E-state index in [1.807, 2.05) is 17.5 Å². The molecule has 1 unspecified atom stereocenters. The van der Waals surface area contributed by atoms with Crippen LogP contribution in [0.5, 0.6) is 0 Å². The number of carboxylic acids is 1.